The Labute approximate surface area is 135 Å². The Kier molecular flexibility index (Phi) is 6.94. The highest BCUT2D eigenvalue weighted by Crippen LogP contribution is 2.28. The lowest BCUT2D eigenvalue weighted by atomic mass is 10.3. The molecule has 1 amide bonds. The molecule has 0 aliphatic rings. The molecule has 0 bridgehead atoms. The maximum Gasteiger partial charge on any atom is 0.336 e. The standard InChI is InChI=1S/C13H15BrClNO5/c1-7(12(18)16-6-10(17)13(19)20-2)21-11-4-3-8(15)5-9(11)14/h3-5,7,10,17H,6H2,1-2H3,(H,16,18). The molecule has 2 unspecified atom stereocenters. The van der Waals surface area contributed by atoms with Crippen LogP contribution in [0, 0.1) is 0 Å². The van der Waals surface area contributed by atoms with Gasteiger partial charge in [0.2, 0.25) is 0 Å². The van der Waals surface area contributed by atoms with Crippen molar-refractivity contribution >= 4 is 39.4 Å². The highest BCUT2D eigenvalue weighted by atomic mass is 79.9. The van der Waals surface area contributed by atoms with E-state index in [0.717, 1.165) is 7.11 Å². The van der Waals surface area contributed by atoms with Gasteiger partial charge in [0.15, 0.2) is 12.2 Å². The van der Waals surface area contributed by atoms with Crippen molar-refractivity contribution in [1.29, 1.82) is 0 Å². The molecule has 0 heterocycles. The van der Waals surface area contributed by atoms with Gasteiger partial charge in [-0.05, 0) is 41.1 Å². The van der Waals surface area contributed by atoms with E-state index in [1.807, 2.05) is 0 Å². The number of hydrogen-bond acceptors (Lipinski definition) is 5. The zero-order valence-corrected chi connectivity index (χ0v) is 13.8. The number of rotatable bonds is 6. The number of methoxy groups -OCH3 is 1. The predicted molar refractivity (Wildman–Crippen MR) is 80.3 cm³/mol. The summed E-state index contributed by atoms with van der Waals surface area (Å²) in [6.45, 7) is 1.29. The van der Waals surface area contributed by atoms with Gasteiger partial charge in [-0.3, -0.25) is 4.79 Å². The molecule has 2 N–H and O–H groups in total. The van der Waals surface area contributed by atoms with Gasteiger partial charge in [0.1, 0.15) is 5.75 Å². The summed E-state index contributed by atoms with van der Waals surface area (Å²) < 4.78 is 10.4. The number of aliphatic hydroxyl groups is 1. The number of amides is 1. The van der Waals surface area contributed by atoms with Gasteiger partial charge in [0.25, 0.3) is 5.91 Å². The quantitative estimate of drug-likeness (QED) is 0.731. The summed E-state index contributed by atoms with van der Waals surface area (Å²) in [5.74, 6) is -0.834. The molecule has 8 heteroatoms. The number of hydrogen-bond donors (Lipinski definition) is 2. The van der Waals surface area contributed by atoms with Crippen LogP contribution in [-0.4, -0.2) is 42.8 Å². The van der Waals surface area contributed by atoms with Gasteiger partial charge in [0.05, 0.1) is 18.1 Å². The summed E-state index contributed by atoms with van der Waals surface area (Å²) in [6.07, 6.45) is -2.22. The molecule has 1 rings (SSSR count). The number of halogens is 2. The number of nitrogens with one attached hydrogen (secondary N) is 1. The third-order valence-electron chi connectivity index (χ3n) is 2.51. The molecule has 0 saturated heterocycles. The fraction of sp³-hybridized carbons (Fsp3) is 0.385. The van der Waals surface area contributed by atoms with E-state index in [0.29, 0.717) is 15.2 Å². The summed E-state index contributed by atoms with van der Waals surface area (Å²) in [5, 5.41) is 12.3. The van der Waals surface area contributed by atoms with Gasteiger partial charge in [-0.15, -0.1) is 0 Å². The Morgan fingerprint density at radius 1 is 1.48 bits per heavy atom. The Morgan fingerprint density at radius 2 is 2.14 bits per heavy atom. The van der Waals surface area contributed by atoms with Crippen molar-refractivity contribution < 1.29 is 24.2 Å². The molecule has 2 atom stereocenters. The Hall–Kier alpha value is -1.31. The maximum atomic E-state index is 11.8. The SMILES string of the molecule is COC(=O)C(O)CNC(=O)C(C)Oc1ccc(Cl)cc1Br. The van der Waals surface area contributed by atoms with Crippen LogP contribution in [0.15, 0.2) is 22.7 Å². The minimum absolute atomic E-state index is 0.249. The molecule has 0 aromatic heterocycles. The number of carbonyl (C=O) groups is 2. The van der Waals surface area contributed by atoms with Gasteiger partial charge in [-0.1, -0.05) is 11.6 Å². The van der Waals surface area contributed by atoms with Crippen LogP contribution >= 0.6 is 27.5 Å². The van der Waals surface area contributed by atoms with E-state index in [4.69, 9.17) is 16.3 Å². The van der Waals surface area contributed by atoms with Crippen molar-refractivity contribution in [1.82, 2.24) is 5.32 Å². The molecule has 6 nitrogen and oxygen atoms in total. The lowest BCUT2D eigenvalue weighted by molar-refractivity contribution is -0.150. The highest BCUT2D eigenvalue weighted by Gasteiger charge is 2.20. The number of aliphatic hydroxyl groups excluding tert-OH is 1. The predicted octanol–water partition coefficient (Wildman–Crippen LogP) is 1.52. The fourth-order valence-corrected chi connectivity index (χ4v) is 2.15. The molecular weight excluding hydrogens is 366 g/mol. The first-order valence-corrected chi connectivity index (χ1v) is 7.17. The van der Waals surface area contributed by atoms with Crippen molar-refractivity contribution in [3.63, 3.8) is 0 Å². The van der Waals surface area contributed by atoms with Crippen LogP contribution < -0.4 is 10.1 Å². The monoisotopic (exact) mass is 379 g/mol. The van der Waals surface area contributed by atoms with Crippen LogP contribution in [0.1, 0.15) is 6.92 Å². The van der Waals surface area contributed by atoms with E-state index >= 15 is 0 Å². The van der Waals surface area contributed by atoms with Gasteiger partial charge in [0, 0.05) is 5.02 Å². The average Bonchev–Trinajstić information content (AvgIpc) is 2.46. The Bertz CT molecular complexity index is 525. The molecule has 0 fully saturated rings. The third-order valence-corrected chi connectivity index (χ3v) is 3.36. The Balaban J connectivity index is 2.53. The van der Waals surface area contributed by atoms with Crippen molar-refractivity contribution in [2.45, 2.75) is 19.1 Å². The van der Waals surface area contributed by atoms with Gasteiger partial charge in [-0.2, -0.15) is 0 Å². The zero-order valence-electron chi connectivity index (χ0n) is 11.4. The maximum absolute atomic E-state index is 11.8. The molecular formula is C13H15BrClNO5. The van der Waals surface area contributed by atoms with Crippen LogP contribution in [-0.2, 0) is 14.3 Å². The van der Waals surface area contributed by atoms with Gasteiger partial charge < -0.3 is 19.9 Å². The fourth-order valence-electron chi connectivity index (χ4n) is 1.38. The molecule has 21 heavy (non-hydrogen) atoms. The van der Waals surface area contributed by atoms with Crippen LogP contribution in [0.3, 0.4) is 0 Å². The van der Waals surface area contributed by atoms with Crippen molar-refractivity contribution in [2.75, 3.05) is 13.7 Å². The molecule has 0 aliphatic heterocycles. The number of ether oxygens (including phenoxy) is 2. The van der Waals surface area contributed by atoms with Crippen molar-refractivity contribution in [2.24, 2.45) is 0 Å². The smallest absolute Gasteiger partial charge is 0.336 e. The number of carbonyl (C=O) groups excluding carboxylic acids is 2. The minimum Gasteiger partial charge on any atom is -0.480 e. The first kappa shape index (κ1) is 17.7. The second-order valence-electron chi connectivity index (χ2n) is 4.12. The van der Waals surface area contributed by atoms with Crippen molar-refractivity contribution in [3.8, 4) is 5.75 Å². The first-order valence-electron chi connectivity index (χ1n) is 6.00. The van der Waals surface area contributed by atoms with E-state index in [1.54, 1.807) is 25.1 Å². The first-order chi connectivity index (χ1) is 9.85. The van der Waals surface area contributed by atoms with Crippen LogP contribution in [0.5, 0.6) is 5.75 Å². The topological polar surface area (TPSA) is 84.9 Å². The number of esters is 1. The number of benzene rings is 1. The lowest BCUT2D eigenvalue weighted by Crippen LogP contribution is -2.42. The second kappa shape index (κ2) is 8.21. The highest BCUT2D eigenvalue weighted by molar-refractivity contribution is 9.10. The van der Waals surface area contributed by atoms with Crippen LogP contribution in [0.4, 0.5) is 0 Å². The lowest BCUT2D eigenvalue weighted by Gasteiger charge is -2.16. The van der Waals surface area contributed by atoms with Gasteiger partial charge >= 0.3 is 5.97 Å². The van der Waals surface area contributed by atoms with Gasteiger partial charge in [-0.25, -0.2) is 4.79 Å². The molecule has 1 aromatic carbocycles. The molecule has 0 aliphatic carbocycles. The molecule has 1 aromatic rings. The molecule has 116 valence electrons. The third kappa shape index (κ3) is 5.53. The second-order valence-corrected chi connectivity index (χ2v) is 5.41. The van der Waals surface area contributed by atoms with Crippen molar-refractivity contribution in [3.05, 3.63) is 27.7 Å². The summed E-state index contributed by atoms with van der Waals surface area (Å²) in [7, 11) is 1.15. The molecule has 0 radical (unpaired) electrons. The summed E-state index contributed by atoms with van der Waals surface area (Å²) in [6, 6.07) is 4.90. The van der Waals surface area contributed by atoms with E-state index in [1.165, 1.54) is 0 Å². The van der Waals surface area contributed by atoms with Crippen LogP contribution in [0.2, 0.25) is 5.02 Å². The minimum atomic E-state index is -1.41. The van der Waals surface area contributed by atoms with E-state index in [-0.39, 0.29) is 6.54 Å². The summed E-state index contributed by atoms with van der Waals surface area (Å²) in [4.78, 5) is 22.8. The van der Waals surface area contributed by atoms with E-state index in [2.05, 4.69) is 26.0 Å². The molecule has 0 saturated carbocycles. The largest absolute Gasteiger partial charge is 0.480 e. The normalized spacial score (nSPS) is 13.2. The zero-order chi connectivity index (χ0) is 16.0. The van der Waals surface area contributed by atoms with E-state index in [9.17, 15) is 14.7 Å². The summed E-state index contributed by atoms with van der Waals surface area (Å²) in [5.41, 5.74) is 0. The Morgan fingerprint density at radius 3 is 2.71 bits per heavy atom. The molecule has 0 spiro atoms. The summed E-state index contributed by atoms with van der Waals surface area (Å²) >= 11 is 9.08. The van der Waals surface area contributed by atoms with E-state index < -0.39 is 24.1 Å². The average molecular weight is 381 g/mol. The van der Waals surface area contributed by atoms with Crippen LogP contribution in [0.25, 0.3) is 0 Å².